The SMILES string of the molecule is Cc1nn(C)c(C)c1[C@H](C)C(=O)N(C)[C@@H](C)c1ccc(Cl)cc1. The van der Waals surface area contributed by atoms with E-state index in [1.54, 1.807) is 4.90 Å². The molecule has 1 aromatic carbocycles. The Bertz CT molecular complexity index is 706. The van der Waals surface area contributed by atoms with Crippen molar-refractivity contribution in [3.8, 4) is 0 Å². The van der Waals surface area contributed by atoms with Crippen LogP contribution in [0.5, 0.6) is 0 Å². The van der Waals surface area contributed by atoms with Crippen molar-refractivity contribution < 1.29 is 4.79 Å². The molecule has 1 aromatic heterocycles. The Morgan fingerprint density at radius 2 is 1.78 bits per heavy atom. The molecule has 0 fully saturated rings. The van der Waals surface area contributed by atoms with Gasteiger partial charge >= 0.3 is 0 Å². The Morgan fingerprint density at radius 3 is 2.26 bits per heavy atom. The first kappa shape index (κ1) is 17.5. The number of carbonyl (C=O) groups excluding carboxylic acids is 1. The summed E-state index contributed by atoms with van der Waals surface area (Å²) in [5.41, 5.74) is 4.04. The molecule has 0 spiro atoms. The van der Waals surface area contributed by atoms with Crippen molar-refractivity contribution in [1.29, 1.82) is 0 Å². The third kappa shape index (κ3) is 3.42. The smallest absolute Gasteiger partial charge is 0.230 e. The van der Waals surface area contributed by atoms with Crippen LogP contribution in [0.3, 0.4) is 0 Å². The number of halogens is 1. The molecular weight excluding hydrogens is 310 g/mol. The highest BCUT2D eigenvalue weighted by molar-refractivity contribution is 6.30. The summed E-state index contributed by atoms with van der Waals surface area (Å²) in [6.07, 6.45) is 0. The normalized spacial score (nSPS) is 13.7. The van der Waals surface area contributed by atoms with Gasteiger partial charge in [0.25, 0.3) is 0 Å². The second-order valence-electron chi connectivity index (χ2n) is 6.11. The minimum Gasteiger partial charge on any atom is -0.338 e. The van der Waals surface area contributed by atoms with Gasteiger partial charge in [-0.2, -0.15) is 5.10 Å². The number of hydrogen-bond acceptors (Lipinski definition) is 2. The fourth-order valence-corrected chi connectivity index (χ4v) is 3.13. The molecule has 0 aliphatic carbocycles. The topological polar surface area (TPSA) is 38.1 Å². The highest BCUT2D eigenvalue weighted by Crippen LogP contribution is 2.28. The molecule has 2 rings (SSSR count). The van der Waals surface area contributed by atoms with Crippen molar-refractivity contribution in [2.45, 2.75) is 39.7 Å². The molecule has 4 nitrogen and oxygen atoms in total. The summed E-state index contributed by atoms with van der Waals surface area (Å²) in [5, 5.41) is 5.12. The Morgan fingerprint density at radius 1 is 1.22 bits per heavy atom. The van der Waals surface area contributed by atoms with Crippen LogP contribution in [-0.4, -0.2) is 27.6 Å². The number of aryl methyl sites for hydroxylation is 2. The largest absolute Gasteiger partial charge is 0.338 e. The van der Waals surface area contributed by atoms with E-state index in [1.165, 1.54) is 0 Å². The van der Waals surface area contributed by atoms with Crippen LogP contribution < -0.4 is 0 Å². The summed E-state index contributed by atoms with van der Waals surface area (Å²) in [4.78, 5) is 14.7. The lowest BCUT2D eigenvalue weighted by atomic mass is 9.96. The van der Waals surface area contributed by atoms with E-state index in [2.05, 4.69) is 5.10 Å². The third-order valence-electron chi connectivity index (χ3n) is 4.65. The predicted molar refractivity (Wildman–Crippen MR) is 93.7 cm³/mol. The van der Waals surface area contributed by atoms with Crippen molar-refractivity contribution in [3.63, 3.8) is 0 Å². The van der Waals surface area contributed by atoms with Gasteiger partial charge in [0.15, 0.2) is 0 Å². The molecule has 5 heteroatoms. The number of benzene rings is 1. The van der Waals surface area contributed by atoms with Gasteiger partial charge in [-0.15, -0.1) is 0 Å². The lowest BCUT2D eigenvalue weighted by Gasteiger charge is -2.28. The van der Waals surface area contributed by atoms with E-state index in [0.717, 1.165) is 22.5 Å². The van der Waals surface area contributed by atoms with Crippen molar-refractivity contribution >= 4 is 17.5 Å². The average molecular weight is 334 g/mol. The van der Waals surface area contributed by atoms with E-state index in [9.17, 15) is 4.79 Å². The average Bonchev–Trinajstić information content (AvgIpc) is 2.78. The summed E-state index contributed by atoms with van der Waals surface area (Å²) < 4.78 is 1.83. The Labute approximate surface area is 143 Å². The van der Waals surface area contributed by atoms with Crippen LogP contribution in [0.15, 0.2) is 24.3 Å². The first-order valence-corrected chi connectivity index (χ1v) is 8.14. The van der Waals surface area contributed by atoms with Crippen LogP contribution in [0, 0.1) is 13.8 Å². The number of aromatic nitrogens is 2. The molecular formula is C18H24ClN3O. The van der Waals surface area contributed by atoms with Crippen molar-refractivity contribution in [2.24, 2.45) is 7.05 Å². The molecule has 0 aliphatic rings. The minimum absolute atomic E-state index is 0.0144. The van der Waals surface area contributed by atoms with E-state index in [1.807, 2.05) is 70.7 Å². The molecule has 0 bridgehead atoms. The van der Waals surface area contributed by atoms with Gasteiger partial charge in [-0.3, -0.25) is 9.48 Å². The van der Waals surface area contributed by atoms with Crippen LogP contribution >= 0.6 is 11.6 Å². The molecule has 0 aliphatic heterocycles. The number of likely N-dealkylation sites (N-methyl/N-ethyl adjacent to an activating group) is 1. The summed E-state index contributed by atoms with van der Waals surface area (Å²) in [5.74, 6) is -0.130. The molecule has 2 aromatic rings. The first-order chi connectivity index (χ1) is 10.7. The van der Waals surface area contributed by atoms with E-state index in [0.29, 0.717) is 5.02 Å². The fourth-order valence-electron chi connectivity index (χ4n) is 3.00. The maximum atomic E-state index is 12.9. The number of carbonyl (C=O) groups is 1. The highest BCUT2D eigenvalue weighted by Gasteiger charge is 2.27. The van der Waals surface area contributed by atoms with Gasteiger partial charge < -0.3 is 4.90 Å². The van der Waals surface area contributed by atoms with Gasteiger partial charge in [0.05, 0.1) is 17.7 Å². The highest BCUT2D eigenvalue weighted by atomic mass is 35.5. The molecule has 0 saturated heterocycles. The summed E-state index contributed by atoms with van der Waals surface area (Å²) >= 11 is 5.94. The predicted octanol–water partition coefficient (Wildman–Crippen LogP) is 4.01. The van der Waals surface area contributed by atoms with Crippen molar-refractivity contribution in [3.05, 3.63) is 51.8 Å². The van der Waals surface area contributed by atoms with E-state index in [-0.39, 0.29) is 17.9 Å². The lowest BCUT2D eigenvalue weighted by Crippen LogP contribution is -2.33. The lowest BCUT2D eigenvalue weighted by molar-refractivity contribution is -0.133. The van der Waals surface area contributed by atoms with Crippen molar-refractivity contribution in [2.75, 3.05) is 7.05 Å². The number of hydrogen-bond donors (Lipinski definition) is 0. The molecule has 2 atom stereocenters. The Balaban J connectivity index is 2.23. The van der Waals surface area contributed by atoms with Crippen LogP contribution in [0.4, 0.5) is 0 Å². The summed E-state index contributed by atoms with van der Waals surface area (Å²) in [7, 11) is 3.75. The zero-order chi connectivity index (χ0) is 17.3. The van der Waals surface area contributed by atoms with E-state index < -0.39 is 0 Å². The Kier molecular flexibility index (Phi) is 5.15. The number of nitrogens with zero attached hydrogens (tertiary/aromatic N) is 3. The van der Waals surface area contributed by atoms with Crippen LogP contribution in [-0.2, 0) is 11.8 Å². The molecule has 0 saturated carbocycles. The van der Waals surface area contributed by atoms with Crippen LogP contribution in [0.1, 0.15) is 48.3 Å². The molecule has 1 heterocycles. The monoisotopic (exact) mass is 333 g/mol. The van der Waals surface area contributed by atoms with Gasteiger partial charge in [0, 0.05) is 30.4 Å². The second kappa shape index (κ2) is 6.75. The zero-order valence-corrected chi connectivity index (χ0v) is 15.3. The van der Waals surface area contributed by atoms with Gasteiger partial charge in [0.2, 0.25) is 5.91 Å². The van der Waals surface area contributed by atoms with Gasteiger partial charge in [-0.05, 0) is 45.4 Å². The standard InChI is InChI=1S/C18H24ClN3O/c1-11(17-12(2)20-22(6)14(17)4)18(23)21(5)13(3)15-7-9-16(19)10-8-15/h7-11,13H,1-6H3/t11-,13-/m0/s1. The summed E-state index contributed by atoms with van der Waals surface area (Å²) in [6, 6.07) is 7.61. The molecule has 1 amide bonds. The fraction of sp³-hybridized carbons (Fsp3) is 0.444. The molecule has 23 heavy (non-hydrogen) atoms. The van der Waals surface area contributed by atoms with E-state index >= 15 is 0 Å². The van der Waals surface area contributed by atoms with Gasteiger partial charge in [0.1, 0.15) is 0 Å². The first-order valence-electron chi connectivity index (χ1n) is 7.76. The van der Waals surface area contributed by atoms with Crippen molar-refractivity contribution in [1.82, 2.24) is 14.7 Å². The zero-order valence-electron chi connectivity index (χ0n) is 14.6. The molecule has 0 radical (unpaired) electrons. The number of rotatable bonds is 4. The maximum Gasteiger partial charge on any atom is 0.230 e. The summed E-state index contributed by atoms with van der Waals surface area (Å²) in [6.45, 7) is 7.93. The molecule has 0 unspecified atom stereocenters. The molecule has 0 N–H and O–H groups in total. The van der Waals surface area contributed by atoms with Gasteiger partial charge in [-0.1, -0.05) is 23.7 Å². The quantitative estimate of drug-likeness (QED) is 0.847. The van der Waals surface area contributed by atoms with Crippen LogP contribution in [0.2, 0.25) is 5.02 Å². The number of amides is 1. The van der Waals surface area contributed by atoms with Gasteiger partial charge in [-0.25, -0.2) is 0 Å². The second-order valence-corrected chi connectivity index (χ2v) is 6.54. The minimum atomic E-state index is -0.219. The Hall–Kier alpha value is -1.81. The third-order valence-corrected chi connectivity index (χ3v) is 4.90. The van der Waals surface area contributed by atoms with E-state index in [4.69, 9.17) is 11.6 Å². The molecule has 124 valence electrons. The maximum absolute atomic E-state index is 12.9. The van der Waals surface area contributed by atoms with Crippen LogP contribution in [0.25, 0.3) is 0 Å².